The minimum atomic E-state index is -0.0540. The van der Waals surface area contributed by atoms with Crippen LogP contribution in [0.5, 0.6) is 11.5 Å². The van der Waals surface area contributed by atoms with Crippen LogP contribution in [0.1, 0.15) is 40.4 Å². The van der Waals surface area contributed by atoms with Gasteiger partial charge >= 0.3 is 0 Å². The molecular formula is C20H22N4O3. The summed E-state index contributed by atoms with van der Waals surface area (Å²) >= 11 is 0. The van der Waals surface area contributed by atoms with Crippen LogP contribution < -0.4 is 9.47 Å². The predicted molar refractivity (Wildman–Crippen MR) is 100 cm³/mol. The minimum absolute atomic E-state index is 0.0428. The first-order chi connectivity index (χ1) is 13.1. The van der Waals surface area contributed by atoms with Crippen LogP contribution in [-0.4, -0.2) is 46.2 Å². The Kier molecular flexibility index (Phi) is 4.43. The summed E-state index contributed by atoms with van der Waals surface area (Å²) in [4.78, 5) is 19.6. The lowest BCUT2D eigenvalue weighted by atomic mass is 10.0. The molecule has 7 nitrogen and oxygen atoms in total. The third kappa shape index (κ3) is 2.99. The highest BCUT2D eigenvalue weighted by molar-refractivity contribution is 6.00. The molecule has 0 spiro atoms. The SMILES string of the molecule is COc1ccc(C2CCCN2C(=O)c2cnn3cc(C)cnc23)c(OC)c1. The summed E-state index contributed by atoms with van der Waals surface area (Å²) in [5.74, 6) is 1.41. The molecule has 1 atom stereocenters. The van der Waals surface area contributed by atoms with Gasteiger partial charge in [-0.05, 0) is 37.5 Å². The monoisotopic (exact) mass is 366 g/mol. The number of methoxy groups -OCH3 is 2. The van der Waals surface area contributed by atoms with Gasteiger partial charge in [-0.25, -0.2) is 9.50 Å². The van der Waals surface area contributed by atoms with Crippen LogP contribution in [0.2, 0.25) is 0 Å². The second kappa shape index (κ2) is 6.90. The van der Waals surface area contributed by atoms with Gasteiger partial charge in [0.1, 0.15) is 17.1 Å². The molecule has 3 aromatic rings. The molecule has 1 aliphatic heterocycles. The van der Waals surface area contributed by atoms with E-state index in [0.29, 0.717) is 17.8 Å². The zero-order valence-corrected chi connectivity index (χ0v) is 15.7. The number of benzene rings is 1. The van der Waals surface area contributed by atoms with Gasteiger partial charge in [0.2, 0.25) is 0 Å². The van der Waals surface area contributed by atoms with Gasteiger partial charge in [-0.2, -0.15) is 5.10 Å². The Labute approximate surface area is 157 Å². The van der Waals surface area contributed by atoms with Crippen LogP contribution >= 0.6 is 0 Å². The number of aryl methyl sites for hydroxylation is 1. The van der Waals surface area contributed by atoms with E-state index in [1.165, 1.54) is 0 Å². The molecular weight excluding hydrogens is 344 g/mol. The first-order valence-electron chi connectivity index (χ1n) is 8.95. The van der Waals surface area contributed by atoms with Gasteiger partial charge in [-0.1, -0.05) is 0 Å². The molecule has 140 valence electrons. The van der Waals surface area contributed by atoms with Crippen LogP contribution in [0, 0.1) is 6.92 Å². The molecule has 1 fully saturated rings. The second-order valence-corrected chi connectivity index (χ2v) is 6.72. The summed E-state index contributed by atoms with van der Waals surface area (Å²) in [5.41, 5.74) is 3.09. The molecule has 0 radical (unpaired) electrons. The van der Waals surface area contributed by atoms with E-state index in [2.05, 4.69) is 10.1 Å². The van der Waals surface area contributed by atoms with Crippen LogP contribution in [0.4, 0.5) is 0 Å². The molecule has 0 bridgehead atoms. The second-order valence-electron chi connectivity index (χ2n) is 6.72. The standard InChI is InChI=1S/C20H22N4O3/c1-13-10-21-19-16(11-22-24(19)12-13)20(25)23-8-4-5-17(23)15-7-6-14(26-2)9-18(15)27-3/h6-7,9-12,17H,4-5,8H2,1-3H3. The molecule has 1 aromatic carbocycles. The largest absolute Gasteiger partial charge is 0.497 e. The molecule has 27 heavy (non-hydrogen) atoms. The average Bonchev–Trinajstić information content (AvgIpc) is 3.33. The van der Waals surface area contributed by atoms with Crippen LogP contribution in [0.3, 0.4) is 0 Å². The summed E-state index contributed by atoms with van der Waals surface area (Å²) in [5, 5.41) is 4.29. The Morgan fingerprint density at radius 3 is 2.85 bits per heavy atom. The van der Waals surface area contributed by atoms with Gasteiger partial charge in [0.15, 0.2) is 5.65 Å². The number of rotatable bonds is 4. The average molecular weight is 366 g/mol. The minimum Gasteiger partial charge on any atom is -0.497 e. The lowest BCUT2D eigenvalue weighted by Crippen LogP contribution is -2.30. The third-order valence-electron chi connectivity index (χ3n) is 5.03. The van der Waals surface area contributed by atoms with Crippen molar-refractivity contribution in [3.63, 3.8) is 0 Å². The number of fused-ring (bicyclic) bond motifs is 1. The van der Waals surface area contributed by atoms with E-state index in [-0.39, 0.29) is 11.9 Å². The smallest absolute Gasteiger partial charge is 0.259 e. The maximum Gasteiger partial charge on any atom is 0.259 e. The van der Waals surface area contributed by atoms with Crippen molar-refractivity contribution in [1.82, 2.24) is 19.5 Å². The van der Waals surface area contributed by atoms with Crippen molar-refractivity contribution < 1.29 is 14.3 Å². The Hall–Kier alpha value is -3.09. The fraction of sp³-hybridized carbons (Fsp3) is 0.350. The van der Waals surface area contributed by atoms with E-state index < -0.39 is 0 Å². The third-order valence-corrected chi connectivity index (χ3v) is 5.03. The van der Waals surface area contributed by atoms with E-state index in [4.69, 9.17) is 9.47 Å². The lowest BCUT2D eigenvalue weighted by Gasteiger charge is -2.26. The van der Waals surface area contributed by atoms with Gasteiger partial charge < -0.3 is 14.4 Å². The van der Waals surface area contributed by atoms with Gasteiger partial charge in [-0.15, -0.1) is 0 Å². The lowest BCUT2D eigenvalue weighted by molar-refractivity contribution is 0.0736. The molecule has 4 rings (SSSR count). The Bertz CT molecular complexity index is 998. The highest BCUT2D eigenvalue weighted by Gasteiger charge is 2.34. The number of likely N-dealkylation sites (tertiary alicyclic amines) is 1. The fourth-order valence-electron chi connectivity index (χ4n) is 3.70. The first-order valence-corrected chi connectivity index (χ1v) is 8.95. The highest BCUT2D eigenvalue weighted by atomic mass is 16.5. The molecule has 0 saturated carbocycles. The van der Waals surface area contributed by atoms with E-state index >= 15 is 0 Å². The van der Waals surface area contributed by atoms with Gasteiger partial charge in [0.25, 0.3) is 5.91 Å². The van der Waals surface area contributed by atoms with Crippen molar-refractivity contribution >= 4 is 11.6 Å². The molecule has 3 heterocycles. The summed E-state index contributed by atoms with van der Waals surface area (Å²) in [6, 6.07) is 5.69. The maximum absolute atomic E-state index is 13.3. The van der Waals surface area contributed by atoms with Crippen molar-refractivity contribution in [2.75, 3.05) is 20.8 Å². The molecule has 1 saturated heterocycles. The molecule has 1 aliphatic rings. The van der Waals surface area contributed by atoms with Gasteiger partial charge in [0.05, 0.1) is 26.5 Å². The zero-order valence-electron chi connectivity index (χ0n) is 15.7. The summed E-state index contributed by atoms with van der Waals surface area (Å²) in [6.07, 6.45) is 7.05. The molecule has 2 aromatic heterocycles. The number of carbonyl (C=O) groups is 1. The number of amides is 1. The molecule has 1 amide bonds. The molecule has 0 N–H and O–H groups in total. The summed E-state index contributed by atoms with van der Waals surface area (Å²) in [7, 11) is 3.26. The number of hydrogen-bond donors (Lipinski definition) is 0. The molecule has 0 aliphatic carbocycles. The Balaban J connectivity index is 1.69. The van der Waals surface area contributed by atoms with Crippen LogP contribution in [-0.2, 0) is 0 Å². The highest BCUT2D eigenvalue weighted by Crippen LogP contribution is 2.39. The van der Waals surface area contributed by atoms with E-state index in [0.717, 1.165) is 35.5 Å². The van der Waals surface area contributed by atoms with E-state index in [1.54, 1.807) is 31.1 Å². The van der Waals surface area contributed by atoms with E-state index in [1.807, 2.05) is 36.2 Å². The fourth-order valence-corrected chi connectivity index (χ4v) is 3.70. The molecule has 1 unspecified atom stereocenters. The Morgan fingerprint density at radius 2 is 2.07 bits per heavy atom. The van der Waals surface area contributed by atoms with Gasteiger partial charge in [0, 0.05) is 30.6 Å². The van der Waals surface area contributed by atoms with Crippen molar-refractivity contribution in [2.24, 2.45) is 0 Å². The van der Waals surface area contributed by atoms with Gasteiger partial charge in [-0.3, -0.25) is 4.79 Å². The topological polar surface area (TPSA) is 69.0 Å². The first kappa shape index (κ1) is 17.3. The normalized spacial score (nSPS) is 16.7. The number of hydrogen-bond acceptors (Lipinski definition) is 5. The van der Waals surface area contributed by atoms with Crippen molar-refractivity contribution in [3.8, 4) is 11.5 Å². The Morgan fingerprint density at radius 1 is 1.22 bits per heavy atom. The number of ether oxygens (including phenoxy) is 2. The summed E-state index contributed by atoms with van der Waals surface area (Å²) in [6.45, 7) is 2.64. The van der Waals surface area contributed by atoms with Crippen molar-refractivity contribution in [3.05, 3.63) is 53.5 Å². The van der Waals surface area contributed by atoms with Crippen LogP contribution in [0.15, 0.2) is 36.8 Å². The van der Waals surface area contributed by atoms with Crippen molar-refractivity contribution in [2.45, 2.75) is 25.8 Å². The number of nitrogens with zero attached hydrogens (tertiary/aromatic N) is 4. The van der Waals surface area contributed by atoms with E-state index in [9.17, 15) is 4.79 Å². The summed E-state index contributed by atoms with van der Waals surface area (Å²) < 4.78 is 12.5. The number of carbonyl (C=O) groups excluding carboxylic acids is 1. The predicted octanol–water partition coefficient (Wildman–Crippen LogP) is 3.03. The molecule has 7 heteroatoms. The quantitative estimate of drug-likeness (QED) is 0.710. The van der Waals surface area contributed by atoms with Crippen LogP contribution in [0.25, 0.3) is 5.65 Å². The zero-order chi connectivity index (χ0) is 19.0. The maximum atomic E-state index is 13.3. The number of aromatic nitrogens is 3. The van der Waals surface area contributed by atoms with Crippen molar-refractivity contribution in [1.29, 1.82) is 0 Å².